The Balaban J connectivity index is 1.45. The average molecular weight is 802 g/mol. The molecule has 0 radical (unpaired) electrons. The zero-order valence-corrected chi connectivity index (χ0v) is 32.7. The molecule has 5 rings (SSSR count). The molecule has 5 N–H and O–H groups in total. The first-order valence-electron chi connectivity index (χ1n) is 18.6. The van der Waals surface area contributed by atoms with Gasteiger partial charge in [-0.15, -0.1) is 5.10 Å². The van der Waals surface area contributed by atoms with Crippen LogP contribution in [0.2, 0.25) is 0 Å². The highest BCUT2D eigenvalue weighted by atomic mass is 32.2. The number of alkyl halides is 3. The first kappa shape index (κ1) is 42.1. The number of H-pyrrole nitrogens is 1. The molecule has 0 saturated carbocycles. The summed E-state index contributed by atoms with van der Waals surface area (Å²) in [6.45, 7) is 7.47. The van der Waals surface area contributed by atoms with Crippen LogP contribution in [0, 0.1) is 17.7 Å². The fourth-order valence-electron chi connectivity index (χ4n) is 6.87. The van der Waals surface area contributed by atoms with Gasteiger partial charge in [0.15, 0.2) is 0 Å². The molecule has 0 aliphatic heterocycles. The van der Waals surface area contributed by atoms with E-state index in [9.17, 15) is 36.7 Å². The summed E-state index contributed by atoms with van der Waals surface area (Å²) in [5.74, 6) is -3.39. The Morgan fingerprint density at radius 2 is 1.68 bits per heavy atom. The van der Waals surface area contributed by atoms with Gasteiger partial charge >= 0.3 is 6.18 Å². The maximum absolute atomic E-state index is 14.7. The lowest BCUT2D eigenvalue weighted by Crippen LogP contribution is -2.67. The lowest BCUT2D eigenvalue weighted by molar-refractivity contribution is -0.139. The number of hydrogen-bond donors (Lipinski definition) is 5. The first-order valence-corrected chi connectivity index (χ1v) is 19.5. The Labute approximate surface area is 325 Å². The zero-order valence-electron chi connectivity index (χ0n) is 31.8. The molecule has 2 heterocycles. The maximum Gasteiger partial charge on any atom is 0.418 e. The maximum atomic E-state index is 14.7. The topological polar surface area (TPSA) is 176 Å². The van der Waals surface area contributed by atoms with Gasteiger partial charge < -0.3 is 26.3 Å². The number of aromatic amines is 1. The average Bonchev–Trinajstić information content (AvgIpc) is 3.75. The van der Waals surface area contributed by atoms with E-state index in [0.29, 0.717) is 35.0 Å². The van der Waals surface area contributed by atoms with Crippen LogP contribution in [0.4, 0.5) is 17.6 Å². The molecule has 0 bridgehead atoms. The van der Waals surface area contributed by atoms with E-state index in [4.69, 9.17) is 0 Å². The number of fused-ring (bicyclic) bond motifs is 3. The second-order valence-corrected chi connectivity index (χ2v) is 15.4. The van der Waals surface area contributed by atoms with Gasteiger partial charge in [0.2, 0.25) is 28.8 Å². The summed E-state index contributed by atoms with van der Waals surface area (Å²) < 4.78 is 58.1. The molecule has 4 aromatic rings. The molecule has 0 spiro atoms. The number of nitrogens with zero attached hydrogens (tertiary/aromatic N) is 4. The summed E-state index contributed by atoms with van der Waals surface area (Å²) in [4.78, 5) is 58.9. The number of tetrazole rings is 1. The monoisotopic (exact) mass is 801 g/mol. The molecule has 13 nitrogen and oxygen atoms in total. The number of nitrogens with one attached hydrogen (secondary N) is 5. The van der Waals surface area contributed by atoms with Crippen molar-refractivity contribution in [1.82, 2.24) is 46.5 Å². The largest absolute Gasteiger partial charge is 0.418 e. The van der Waals surface area contributed by atoms with Crippen LogP contribution in [0.15, 0.2) is 47.6 Å². The number of benzene rings is 2. The van der Waals surface area contributed by atoms with Crippen molar-refractivity contribution in [2.45, 2.75) is 95.2 Å². The van der Waals surface area contributed by atoms with Gasteiger partial charge in [0.05, 0.1) is 17.5 Å². The lowest BCUT2D eigenvalue weighted by Gasteiger charge is -2.39. The van der Waals surface area contributed by atoms with E-state index in [1.165, 1.54) is 46.8 Å². The van der Waals surface area contributed by atoms with Gasteiger partial charge in [0.1, 0.15) is 23.4 Å². The van der Waals surface area contributed by atoms with Crippen molar-refractivity contribution in [1.29, 1.82) is 0 Å². The summed E-state index contributed by atoms with van der Waals surface area (Å²) in [7, 11) is 1.69. The summed E-state index contributed by atoms with van der Waals surface area (Å²) in [5.41, 5.74) is -1.67. The molecule has 0 fully saturated rings. The van der Waals surface area contributed by atoms with Gasteiger partial charge in [-0.05, 0) is 58.4 Å². The second-order valence-electron chi connectivity index (χ2n) is 14.3. The number of amides is 4. The standard InChI is InChI=1S/C38H47F4N9O4S/c1-6-21(3)30(33(53)43-17-18-56-36-48-49-50-51(36)5)46-35(55)37(16-15-28-25(20-37)24-12-10-13-26(32(24)44-28)38(40,41)42)47-34(54)31(22(4)7-2)45-29(52)19-23-11-8-9-14-27(23)39/h8-14,21-22,30-31,44H,6-7,15-20H2,1-5H3,(H,43,53)(H,45,52)(H,46,55)(H,47,54)/t21?,22?,30-,31-,37+/m0/s1. The number of aryl methyl sites for hydroxylation is 2. The van der Waals surface area contributed by atoms with Crippen LogP contribution in [0.25, 0.3) is 10.9 Å². The number of carbonyl (C=O) groups is 4. The number of thioether (sulfide) groups is 1. The van der Waals surface area contributed by atoms with E-state index in [-0.39, 0.29) is 54.6 Å². The lowest BCUT2D eigenvalue weighted by atomic mass is 9.78. The van der Waals surface area contributed by atoms with Crippen LogP contribution in [0.5, 0.6) is 0 Å². The highest BCUT2D eigenvalue weighted by Crippen LogP contribution is 2.40. The van der Waals surface area contributed by atoms with Crippen molar-refractivity contribution in [3.05, 3.63) is 70.7 Å². The Hall–Kier alpha value is -5.00. The fourth-order valence-corrected chi connectivity index (χ4v) is 7.58. The highest BCUT2D eigenvalue weighted by molar-refractivity contribution is 7.99. The van der Waals surface area contributed by atoms with Crippen LogP contribution < -0.4 is 21.3 Å². The number of rotatable bonds is 16. The minimum absolute atomic E-state index is 0.0284. The predicted octanol–water partition coefficient (Wildman–Crippen LogP) is 4.41. The van der Waals surface area contributed by atoms with Gasteiger partial charge in [-0.1, -0.05) is 82.6 Å². The van der Waals surface area contributed by atoms with Crippen molar-refractivity contribution < 1.29 is 36.7 Å². The molecule has 1 aliphatic rings. The Bertz CT molecular complexity index is 2050. The van der Waals surface area contributed by atoms with Crippen LogP contribution >= 0.6 is 11.8 Å². The van der Waals surface area contributed by atoms with E-state index in [0.717, 1.165) is 6.07 Å². The molecule has 5 atom stereocenters. The normalized spacial score (nSPS) is 17.7. The summed E-state index contributed by atoms with van der Waals surface area (Å²) in [5, 5.41) is 23.5. The van der Waals surface area contributed by atoms with Crippen LogP contribution in [0.3, 0.4) is 0 Å². The molecule has 1 aliphatic carbocycles. The molecule has 2 aromatic heterocycles. The third kappa shape index (κ3) is 9.50. The summed E-state index contributed by atoms with van der Waals surface area (Å²) in [6, 6.07) is 7.41. The van der Waals surface area contributed by atoms with Gasteiger partial charge in [-0.25, -0.2) is 9.07 Å². The van der Waals surface area contributed by atoms with Crippen molar-refractivity contribution in [3.8, 4) is 0 Å². The SMILES string of the molecule is CCC(C)[C@H](NC(=O)Cc1ccccc1F)C(=O)N[C@]1(C(=O)N[C@H](C(=O)NCCSc2nnnn2C)C(C)CC)CCc2[nH]c3c(C(F)(F)F)cccc3c2C1. The smallest absolute Gasteiger partial charge is 0.358 e. The molecule has 2 unspecified atom stereocenters. The van der Waals surface area contributed by atoms with E-state index in [2.05, 4.69) is 41.8 Å². The molecular weight excluding hydrogens is 755 g/mol. The van der Waals surface area contributed by atoms with Gasteiger partial charge in [0, 0.05) is 36.8 Å². The highest BCUT2D eigenvalue weighted by Gasteiger charge is 2.47. The quantitative estimate of drug-likeness (QED) is 0.0630. The molecule has 2 aromatic carbocycles. The van der Waals surface area contributed by atoms with Crippen molar-refractivity contribution in [3.63, 3.8) is 0 Å². The zero-order chi connectivity index (χ0) is 40.8. The Morgan fingerprint density at radius 3 is 2.32 bits per heavy atom. The van der Waals surface area contributed by atoms with Crippen molar-refractivity contribution in [2.75, 3.05) is 12.3 Å². The Kier molecular flexibility index (Phi) is 13.4. The van der Waals surface area contributed by atoms with E-state index < -0.39 is 64.7 Å². The summed E-state index contributed by atoms with van der Waals surface area (Å²) in [6.07, 6.45) is -4.16. The van der Waals surface area contributed by atoms with Crippen LogP contribution in [-0.2, 0) is 51.7 Å². The molecule has 0 saturated heterocycles. The second kappa shape index (κ2) is 17.9. The van der Waals surface area contributed by atoms with E-state index in [1.54, 1.807) is 27.0 Å². The third-order valence-electron chi connectivity index (χ3n) is 10.5. The molecule has 302 valence electrons. The molecule has 56 heavy (non-hydrogen) atoms. The van der Waals surface area contributed by atoms with Crippen LogP contribution in [0.1, 0.15) is 69.3 Å². The van der Waals surface area contributed by atoms with Gasteiger partial charge in [-0.2, -0.15) is 13.2 Å². The number of aromatic nitrogens is 5. The van der Waals surface area contributed by atoms with Crippen molar-refractivity contribution in [2.24, 2.45) is 18.9 Å². The van der Waals surface area contributed by atoms with E-state index in [1.807, 2.05) is 13.8 Å². The Morgan fingerprint density at radius 1 is 0.982 bits per heavy atom. The minimum Gasteiger partial charge on any atom is -0.358 e. The number of halogens is 4. The van der Waals surface area contributed by atoms with Gasteiger partial charge in [-0.3, -0.25) is 19.2 Å². The van der Waals surface area contributed by atoms with Crippen LogP contribution in [-0.4, -0.2) is 78.7 Å². The fraction of sp³-hybridized carbons (Fsp3) is 0.500. The third-order valence-corrected chi connectivity index (χ3v) is 11.5. The summed E-state index contributed by atoms with van der Waals surface area (Å²) >= 11 is 1.33. The molecule has 4 amide bonds. The van der Waals surface area contributed by atoms with Gasteiger partial charge in [0.25, 0.3) is 0 Å². The molecular formula is C38H47F4N9O4S. The number of para-hydroxylation sites is 1. The van der Waals surface area contributed by atoms with Crippen molar-refractivity contribution >= 4 is 46.3 Å². The number of hydrogen-bond acceptors (Lipinski definition) is 8. The predicted molar refractivity (Wildman–Crippen MR) is 202 cm³/mol. The van der Waals surface area contributed by atoms with E-state index >= 15 is 0 Å². The first-order chi connectivity index (χ1) is 26.6. The number of carbonyl (C=O) groups excluding carboxylic acids is 4. The minimum atomic E-state index is -4.65. The molecule has 18 heteroatoms.